The van der Waals surface area contributed by atoms with E-state index in [4.69, 9.17) is 4.98 Å². The molecule has 0 radical (unpaired) electrons. The summed E-state index contributed by atoms with van der Waals surface area (Å²) in [4.78, 5) is 26.7. The van der Waals surface area contributed by atoms with Crippen molar-refractivity contribution in [3.05, 3.63) is 82.3 Å². The number of aromatic nitrogens is 2. The summed E-state index contributed by atoms with van der Waals surface area (Å²) in [5, 5.41) is 3.07. The number of carbonyl (C=O) groups excluding carboxylic acids is 1. The zero-order valence-electron chi connectivity index (χ0n) is 20.1. The molecule has 1 fully saturated rings. The highest BCUT2D eigenvalue weighted by molar-refractivity contribution is 5.89. The first kappa shape index (κ1) is 22.8. The van der Waals surface area contributed by atoms with Crippen LogP contribution in [0.4, 0.5) is 16.3 Å². The molecule has 2 amide bonds. The maximum atomic E-state index is 12.9. The fourth-order valence-electron chi connectivity index (χ4n) is 4.34. The Hall–Kier alpha value is -3.41. The van der Waals surface area contributed by atoms with Gasteiger partial charge < -0.3 is 15.1 Å². The monoisotopic (exact) mass is 443 g/mol. The highest BCUT2D eigenvalue weighted by Gasteiger charge is 2.23. The summed E-state index contributed by atoms with van der Waals surface area (Å²) in [6, 6.07) is 16.5. The Bertz CT molecular complexity index is 1130. The second-order valence-corrected chi connectivity index (χ2v) is 8.88. The zero-order valence-corrected chi connectivity index (χ0v) is 20.1. The van der Waals surface area contributed by atoms with Gasteiger partial charge in [0.25, 0.3) is 0 Å². The molecule has 1 saturated heterocycles. The van der Waals surface area contributed by atoms with E-state index < -0.39 is 0 Å². The minimum Gasteiger partial charge on any atom is -0.354 e. The summed E-state index contributed by atoms with van der Waals surface area (Å²) in [6.45, 7) is 11.2. The number of nitrogens with zero attached hydrogens (tertiary/aromatic N) is 4. The molecule has 1 aliphatic heterocycles. The van der Waals surface area contributed by atoms with Gasteiger partial charge in [-0.25, -0.2) is 14.8 Å². The van der Waals surface area contributed by atoms with Gasteiger partial charge in [-0.15, -0.1) is 0 Å². The van der Waals surface area contributed by atoms with Crippen molar-refractivity contribution in [2.75, 3.05) is 36.4 Å². The number of benzene rings is 2. The Morgan fingerprint density at radius 1 is 0.909 bits per heavy atom. The minimum atomic E-state index is -0.0420. The molecule has 4 rings (SSSR count). The predicted molar refractivity (Wildman–Crippen MR) is 134 cm³/mol. The summed E-state index contributed by atoms with van der Waals surface area (Å²) in [5.41, 5.74) is 6.68. The van der Waals surface area contributed by atoms with Crippen molar-refractivity contribution in [3.63, 3.8) is 0 Å². The van der Waals surface area contributed by atoms with Crippen molar-refractivity contribution >= 4 is 17.5 Å². The Labute approximate surface area is 196 Å². The van der Waals surface area contributed by atoms with Gasteiger partial charge >= 0.3 is 6.03 Å². The van der Waals surface area contributed by atoms with Crippen LogP contribution in [-0.2, 0) is 6.42 Å². The molecule has 172 valence electrons. The molecule has 0 saturated carbocycles. The molecular weight excluding hydrogens is 410 g/mol. The molecule has 0 bridgehead atoms. The molecule has 6 heteroatoms. The molecule has 6 nitrogen and oxygen atoms in total. The molecule has 1 aliphatic rings. The van der Waals surface area contributed by atoms with Gasteiger partial charge in [0.1, 0.15) is 11.6 Å². The van der Waals surface area contributed by atoms with Crippen molar-refractivity contribution < 1.29 is 4.79 Å². The SMILES string of the molecule is Cc1nc(C)c(Cc2ccccc2)c(N2CCCN(C(=O)Nc3ccc(C)c(C)c3)CC2)n1. The first-order valence-corrected chi connectivity index (χ1v) is 11.7. The van der Waals surface area contributed by atoms with Crippen LogP contribution < -0.4 is 10.2 Å². The fraction of sp³-hybridized carbons (Fsp3) is 0.370. The van der Waals surface area contributed by atoms with Crippen molar-refractivity contribution in [3.8, 4) is 0 Å². The average Bonchev–Trinajstić information content (AvgIpc) is 3.05. The van der Waals surface area contributed by atoms with Crippen LogP contribution >= 0.6 is 0 Å². The lowest BCUT2D eigenvalue weighted by Crippen LogP contribution is -2.38. The van der Waals surface area contributed by atoms with Crippen LogP contribution in [0, 0.1) is 27.7 Å². The van der Waals surface area contributed by atoms with Crippen LogP contribution in [0.15, 0.2) is 48.5 Å². The van der Waals surface area contributed by atoms with Crippen LogP contribution in [0.2, 0.25) is 0 Å². The predicted octanol–water partition coefficient (Wildman–Crippen LogP) is 5.05. The topological polar surface area (TPSA) is 61.4 Å². The van der Waals surface area contributed by atoms with Crippen molar-refractivity contribution in [2.24, 2.45) is 0 Å². The maximum absolute atomic E-state index is 12.9. The number of nitrogens with one attached hydrogen (secondary N) is 1. The quantitative estimate of drug-likeness (QED) is 0.613. The van der Waals surface area contributed by atoms with Crippen molar-refractivity contribution in [2.45, 2.75) is 40.5 Å². The molecule has 0 unspecified atom stereocenters. The summed E-state index contributed by atoms with van der Waals surface area (Å²) >= 11 is 0. The number of hydrogen-bond donors (Lipinski definition) is 1. The Morgan fingerprint density at radius 3 is 2.45 bits per heavy atom. The van der Waals surface area contributed by atoms with Gasteiger partial charge in [0.2, 0.25) is 0 Å². The zero-order chi connectivity index (χ0) is 23.4. The van der Waals surface area contributed by atoms with Crippen LogP contribution in [0.3, 0.4) is 0 Å². The van der Waals surface area contributed by atoms with Crippen molar-refractivity contribution in [1.82, 2.24) is 14.9 Å². The van der Waals surface area contributed by atoms with E-state index in [-0.39, 0.29) is 6.03 Å². The van der Waals surface area contributed by atoms with Gasteiger partial charge in [0.15, 0.2) is 0 Å². The Balaban J connectivity index is 1.49. The van der Waals surface area contributed by atoms with Crippen LogP contribution in [0.25, 0.3) is 0 Å². The van der Waals surface area contributed by atoms with Gasteiger partial charge in [-0.1, -0.05) is 36.4 Å². The molecule has 2 aromatic carbocycles. The molecular formula is C27H33N5O. The molecule has 0 spiro atoms. The molecule has 1 N–H and O–H groups in total. The number of hydrogen-bond acceptors (Lipinski definition) is 4. The molecule has 33 heavy (non-hydrogen) atoms. The van der Waals surface area contributed by atoms with E-state index >= 15 is 0 Å². The van der Waals surface area contributed by atoms with Gasteiger partial charge in [-0.05, 0) is 62.9 Å². The molecule has 1 aromatic heterocycles. The number of carbonyl (C=O) groups is 1. The van der Waals surface area contributed by atoms with Crippen LogP contribution in [0.1, 0.15) is 40.2 Å². The third-order valence-corrected chi connectivity index (χ3v) is 6.37. The van der Waals surface area contributed by atoms with Gasteiger partial charge in [-0.2, -0.15) is 0 Å². The third-order valence-electron chi connectivity index (χ3n) is 6.37. The minimum absolute atomic E-state index is 0.0420. The largest absolute Gasteiger partial charge is 0.354 e. The van der Waals surface area contributed by atoms with Gasteiger partial charge in [0, 0.05) is 49.5 Å². The van der Waals surface area contributed by atoms with Crippen molar-refractivity contribution in [1.29, 1.82) is 0 Å². The average molecular weight is 444 g/mol. The van der Waals surface area contributed by atoms with Gasteiger partial charge in [-0.3, -0.25) is 0 Å². The third kappa shape index (κ3) is 5.51. The lowest BCUT2D eigenvalue weighted by atomic mass is 10.0. The number of anilines is 2. The molecule has 0 aliphatic carbocycles. The molecule has 3 aromatic rings. The highest BCUT2D eigenvalue weighted by atomic mass is 16.2. The summed E-state index contributed by atoms with van der Waals surface area (Å²) in [7, 11) is 0. The van der Waals surface area contributed by atoms with Gasteiger partial charge in [0.05, 0.1) is 0 Å². The smallest absolute Gasteiger partial charge is 0.321 e. The van der Waals surface area contributed by atoms with E-state index in [9.17, 15) is 4.79 Å². The second kappa shape index (κ2) is 10.0. The molecule has 2 heterocycles. The first-order valence-electron chi connectivity index (χ1n) is 11.7. The number of aryl methyl sites for hydroxylation is 4. The van der Waals surface area contributed by atoms with Crippen LogP contribution in [0.5, 0.6) is 0 Å². The lowest BCUT2D eigenvalue weighted by molar-refractivity contribution is 0.215. The standard InChI is InChI=1S/C27H33N5O/c1-19-11-12-24(17-20(19)2)30-27(33)32-14-8-13-31(15-16-32)26-25(21(3)28-22(4)29-26)18-23-9-6-5-7-10-23/h5-7,9-12,17H,8,13-16,18H2,1-4H3,(H,30,33). The Kier molecular flexibility index (Phi) is 6.92. The van der Waals surface area contributed by atoms with E-state index in [0.717, 1.165) is 55.5 Å². The fourth-order valence-corrected chi connectivity index (χ4v) is 4.34. The summed E-state index contributed by atoms with van der Waals surface area (Å²) in [6.07, 6.45) is 1.70. The van der Waals surface area contributed by atoms with E-state index in [0.29, 0.717) is 6.54 Å². The number of amides is 2. The maximum Gasteiger partial charge on any atom is 0.321 e. The Morgan fingerprint density at radius 2 is 1.70 bits per heavy atom. The normalized spacial score (nSPS) is 14.2. The molecule has 0 atom stereocenters. The summed E-state index contributed by atoms with van der Waals surface area (Å²) in [5.74, 6) is 1.79. The highest BCUT2D eigenvalue weighted by Crippen LogP contribution is 2.25. The second-order valence-electron chi connectivity index (χ2n) is 8.88. The summed E-state index contributed by atoms with van der Waals surface area (Å²) < 4.78 is 0. The van der Waals surface area contributed by atoms with E-state index in [1.54, 1.807) is 0 Å². The first-order chi connectivity index (χ1) is 15.9. The lowest BCUT2D eigenvalue weighted by Gasteiger charge is -2.26. The number of rotatable bonds is 4. The van der Waals surface area contributed by atoms with E-state index in [1.165, 1.54) is 22.3 Å². The number of urea groups is 1. The van der Waals surface area contributed by atoms with E-state index in [1.807, 2.05) is 36.1 Å². The van der Waals surface area contributed by atoms with Crippen LogP contribution in [-0.4, -0.2) is 47.1 Å². The van der Waals surface area contributed by atoms with E-state index in [2.05, 4.69) is 60.2 Å².